The number of nitriles is 1. The Balaban J connectivity index is 1.46. The van der Waals surface area contributed by atoms with Crippen molar-refractivity contribution in [3.8, 4) is 6.07 Å². The van der Waals surface area contributed by atoms with Gasteiger partial charge in [0.15, 0.2) is 0 Å². The van der Waals surface area contributed by atoms with Crippen molar-refractivity contribution in [2.45, 2.75) is 116 Å². The van der Waals surface area contributed by atoms with Crippen LogP contribution in [0.4, 0.5) is 0 Å². The molecule has 0 amide bonds. The number of unbranched alkanes of at least 4 members (excludes halogenated alkanes) is 4. The molecule has 148 valence electrons. The molecule has 0 bridgehead atoms. The first-order valence-corrected chi connectivity index (χ1v) is 11.9. The minimum Gasteiger partial charge on any atom is -0.198 e. The molecule has 2 fully saturated rings. The molecule has 2 rings (SSSR count). The van der Waals surface area contributed by atoms with Gasteiger partial charge in [0.25, 0.3) is 0 Å². The molecule has 0 aliphatic heterocycles. The van der Waals surface area contributed by atoms with Gasteiger partial charge in [-0.2, -0.15) is 5.26 Å². The Morgan fingerprint density at radius 3 is 1.73 bits per heavy atom. The molecule has 2 aliphatic carbocycles. The first-order chi connectivity index (χ1) is 12.8. The highest BCUT2D eigenvalue weighted by Crippen LogP contribution is 2.37. The molecule has 0 N–H and O–H groups in total. The second kappa shape index (κ2) is 13.4. The van der Waals surface area contributed by atoms with Crippen LogP contribution in [0.5, 0.6) is 0 Å². The van der Waals surface area contributed by atoms with Gasteiger partial charge in [-0.05, 0) is 69.1 Å². The monoisotopic (exact) mass is 357 g/mol. The van der Waals surface area contributed by atoms with Crippen LogP contribution in [0.1, 0.15) is 116 Å². The zero-order valence-electron chi connectivity index (χ0n) is 17.4. The maximum atomic E-state index is 9.02. The Labute approximate surface area is 163 Å². The summed E-state index contributed by atoms with van der Waals surface area (Å²) >= 11 is 0. The maximum absolute atomic E-state index is 9.02. The molecule has 0 spiro atoms. The number of hydrogen-bond acceptors (Lipinski definition) is 1. The molecular weight excluding hydrogens is 314 g/mol. The summed E-state index contributed by atoms with van der Waals surface area (Å²) in [7, 11) is 0. The van der Waals surface area contributed by atoms with Crippen LogP contribution in [-0.2, 0) is 0 Å². The number of allylic oxidation sites excluding steroid dienone is 2. The minimum absolute atomic E-state index is 0.368. The molecule has 0 atom stereocenters. The highest BCUT2D eigenvalue weighted by Gasteiger charge is 2.24. The van der Waals surface area contributed by atoms with E-state index >= 15 is 0 Å². The van der Waals surface area contributed by atoms with E-state index in [2.05, 4.69) is 25.1 Å². The molecule has 26 heavy (non-hydrogen) atoms. The Morgan fingerprint density at radius 2 is 1.19 bits per heavy atom. The highest BCUT2D eigenvalue weighted by molar-refractivity contribution is 4.87. The van der Waals surface area contributed by atoms with Gasteiger partial charge < -0.3 is 0 Å². The molecule has 0 radical (unpaired) electrons. The molecule has 0 aromatic heterocycles. The van der Waals surface area contributed by atoms with E-state index in [1.807, 2.05) is 0 Å². The van der Waals surface area contributed by atoms with Crippen molar-refractivity contribution in [1.29, 1.82) is 5.26 Å². The fourth-order valence-corrected chi connectivity index (χ4v) is 5.13. The lowest BCUT2D eigenvalue weighted by Gasteiger charge is -2.31. The van der Waals surface area contributed by atoms with Gasteiger partial charge in [0.2, 0.25) is 0 Å². The van der Waals surface area contributed by atoms with Gasteiger partial charge in [-0.1, -0.05) is 76.9 Å². The van der Waals surface area contributed by atoms with Crippen molar-refractivity contribution in [2.24, 2.45) is 23.7 Å². The molecule has 1 nitrogen and oxygen atoms in total. The average Bonchev–Trinajstić information content (AvgIpc) is 2.69. The van der Waals surface area contributed by atoms with Crippen LogP contribution in [0.15, 0.2) is 12.2 Å². The molecule has 0 aromatic rings. The SMILES string of the molecule is CCCCC/C=C\CCC[C@H]1CC[C@H](CCC2CCC(C#N)CC2)CC1. The van der Waals surface area contributed by atoms with E-state index in [1.165, 1.54) is 109 Å². The summed E-state index contributed by atoms with van der Waals surface area (Å²) in [6.45, 7) is 2.28. The van der Waals surface area contributed by atoms with Gasteiger partial charge in [-0.15, -0.1) is 0 Å². The number of rotatable bonds is 11. The quantitative estimate of drug-likeness (QED) is 0.270. The van der Waals surface area contributed by atoms with Crippen molar-refractivity contribution in [1.82, 2.24) is 0 Å². The number of nitrogens with zero attached hydrogens (tertiary/aromatic N) is 1. The Morgan fingerprint density at radius 1 is 0.692 bits per heavy atom. The Bertz CT molecular complexity index is 402. The first kappa shape index (κ1) is 21.5. The third-order valence-electron chi connectivity index (χ3n) is 7.10. The van der Waals surface area contributed by atoms with E-state index in [0.29, 0.717) is 5.92 Å². The van der Waals surface area contributed by atoms with Crippen LogP contribution in [0, 0.1) is 35.0 Å². The molecule has 2 saturated carbocycles. The predicted molar refractivity (Wildman–Crippen MR) is 113 cm³/mol. The molecular formula is C25H43N. The van der Waals surface area contributed by atoms with Gasteiger partial charge in [0.1, 0.15) is 0 Å². The summed E-state index contributed by atoms with van der Waals surface area (Å²) in [5, 5.41) is 9.02. The highest BCUT2D eigenvalue weighted by atomic mass is 14.3. The van der Waals surface area contributed by atoms with Crippen LogP contribution in [0.3, 0.4) is 0 Å². The standard InChI is InChI=1S/C25H43N/c1-2-3-4-5-6-7-8-9-10-22-11-13-23(14-12-22)15-16-24-17-19-25(21-26)20-18-24/h6-7,22-25H,2-5,8-20H2,1H3/b7-6-/t22-,23-,24?,25?. The molecule has 1 heteroatoms. The van der Waals surface area contributed by atoms with Crippen LogP contribution >= 0.6 is 0 Å². The lowest BCUT2D eigenvalue weighted by atomic mass is 9.75. The lowest BCUT2D eigenvalue weighted by Crippen LogP contribution is -2.17. The van der Waals surface area contributed by atoms with Gasteiger partial charge >= 0.3 is 0 Å². The maximum Gasteiger partial charge on any atom is 0.0655 e. The normalized spacial score (nSPS) is 29.7. The largest absolute Gasteiger partial charge is 0.198 e. The van der Waals surface area contributed by atoms with E-state index in [0.717, 1.165) is 17.8 Å². The summed E-state index contributed by atoms with van der Waals surface area (Å²) in [6.07, 6.45) is 28.2. The van der Waals surface area contributed by atoms with Crippen molar-refractivity contribution >= 4 is 0 Å². The molecule has 0 saturated heterocycles. The van der Waals surface area contributed by atoms with E-state index in [-0.39, 0.29) is 0 Å². The van der Waals surface area contributed by atoms with Gasteiger partial charge in [-0.25, -0.2) is 0 Å². The summed E-state index contributed by atoms with van der Waals surface area (Å²) in [6, 6.07) is 2.47. The third kappa shape index (κ3) is 8.75. The second-order valence-electron chi connectivity index (χ2n) is 9.21. The third-order valence-corrected chi connectivity index (χ3v) is 7.10. The molecule has 0 unspecified atom stereocenters. The van der Waals surface area contributed by atoms with Crippen molar-refractivity contribution in [2.75, 3.05) is 0 Å². The Kier molecular flexibility index (Phi) is 11.1. The molecule has 0 aromatic carbocycles. The van der Waals surface area contributed by atoms with E-state index in [4.69, 9.17) is 5.26 Å². The molecule has 2 aliphatic rings. The summed E-state index contributed by atoms with van der Waals surface area (Å²) < 4.78 is 0. The first-order valence-electron chi connectivity index (χ1n) is 11.9. The van der Waals surface area contributed by atoms with E-state index in [9.17, 15) is 0 Å². The second-order valence-corrected chi connectivity index (χ2v) is 9.21. The average molecular weight is 358 g/mol. The van der Waals surface area contributed by atoms with E-state index in [1.54, 1.807) is 0 Å². The van der Waals surface area contributed by atoms with Crippen LogP contribution < -0.4 is 0 Å². The van der Waals surface area contributed by atoms with Crippen LogP contribution in [-0.4, -0.2) is 0 Å². The van der Waals surface area contributed by atoms with Gasteiger partial charge in [0.05, 0.1) is 6.07 Å². The fraction of sp³-hybridized carbons (Fsp3) is 0.880. The minimum atomic E-state index is 0.368. The van der Waals surface area contributed by atoms with Crippen LogP contribution in [0.2, 0.25) is 0 Å². The van der Waals surface area contributed by atoms with E-state index < -0.39 is 0 Å². The topological polar surface area (TPSA) is 23.8 Å². The fourth-order valence-electron chi connectivity index (χ4n) is 5.13. The predicted octanol–water partition coefficient (Wildman–Crippen LogP) is 8.21. The smallest absolute Gasteiger partial charge is 0.0655 e. The van der Waals surface area contributed by atoms with Gasteiger partial charge in [-0.3, -0.25) is 0 Å². The van der Waals surface area contributed by atoms with Crippen molar-refractivity contribution in [3.05, 3.63) is 12.2 Å². The lowest BCUT2D eigenvalue weighted by molar-refractivity contribution is 0.221. The van der Waals surface area contributed by atoms with Gasteiger partial charge in [0, 0.05) is 5.92 Å². The number of hydrogen-bond donors (Lipinski definition) is 0. The van der Waals surface area contributed by atoms with Crippen molar-refractivity contribution < 1.29 is 0 Å². The Hall–Kier alpha value is -0.770. The summed E-state index contributed by atoms with van der Waals surface area (Å²) in [5.41, 5.74) is 0. The molecule has 0 heterocycles. The van der Waals surface area contributed by atoms with Crippen molar-refractivity contribution in [3.63, 3.8) is 0 Å². The zero-order chi connectivity index (χ0) is 18.5. The summed E-state index contributed by atoms with van der Waals surface area (Å²) in [5.74, 6) is 3.33. The zero-order valence-corrected chi connectivity index (χ0v) is 17.4. The summed E-state index contributed by atoms with van der Waals surface area (Å²) in [4.78, 5) is 0. The van der Waals surface area contributed by atoms with Crippen LogP contribution in [0.25, 0.3) is 0 Å².